The summed E-state index contributed by atoms with van der Waals surface area (Å²) in [5, 5.41) is 4.11. The van der Waals surface area contributed by atoms with Crippen LogP contribution in [0.1, 0.15) is 36.8 Å². The number of carbonyl (C=O) groups excluding carboxylic acids is 1. The number of likely N-dealkylation sites (tertiary alicyclic amines) is 1. The van der Waals surface area contributed by atoms with Gasteiger partial charge in [-0.25, -0.2) is 21.6 Å². The zero-order valence-electron chi connectivity index (χ0n) is 28.5. The summed E-state index contributed by atoms with van der Waals surface area (Å²) in [5.41, 5.74) is 5.00. The molecule has 2 saturated heterocycles. The number of amides is 1. The predicted molar refractivity (Wildman–Crippen MR) is 200 cm³/mol. The minimum Gasteiger partial charge on any atom is -0.317 e. The third-order valence-corrected chi connectivity index (χ3v) is 13.5. The standard InChI is InChI=1S/C39H41N5O5S2/c1-42-32-24-41-37-34(35(32)39(38(42)45)18-20-40-21-19-39)33(29-8-4-2-5-9-29)36(44(37)51(48,49)31-10-6-3-7-11-31)30-14-12-27(13-15-30)25-43-22-16-28(17-23-43)26-50(46)47/h2-15,24,28,40H,16-23,25-26H2,1H3,(H,46,47). The molecule has 0 radical (unpaired) electrons. The number of carbonyl (C=O) groups is 1. The molecule has 1 unspecified atom stereocenters. The maximum absolute atomic E-state index is 14.9. The molecule has 51 heavy (non-hydrogen) atoms. The van der Waals surface area contributed by atoms with Crippen molar-refractivity contribution in [1.29, 1.82) is 0 Å². The van der Waals surface area contributed by atoms with Crippen molar-refractivity contribution >= 4 is 43.7 Å². The lowest BCUT2D eigenvalue weighted by Crippen LogP contribution is -2.46. The Kier molecular flexibility index (Phi) is 8.92. The van der Waals surface area contributed by atoms with Crippen molar-refractivity contribution in [3.8, 4) is 22.4 Å². The number of hydrogen-bond donors (Lipinski definition) is 2. The lowest BCUT2D eigenvalue weighted by Gasteiger charge is -2.33. The molecule has 0 aliphatic carbocycles. The molecule has 0 saturated carbocycles. The number of anilines is 1. The maximum atomic E-state index is 14.9. The molecule has 3 aliphatic heterocycles. The molecule has 0 bridgehead atoms. The maximum Gasteiger partial charge on any atom is 0.269 e. The van der Waals surface area contributed by atoms with Crippen LogP contribution in [-0.4, -0.2) is 75.9 Å². The van der Waals surface area contributed by atoms with E-state index < -0.39 is 26.5 Å². The van der Waals surface area contributed by atoms with Gasteiger partial charge >= 0.3 is 0 Å². The number of pyridine rings is 1. The van der Waals surface area contributed by atoms with Crippen LogP contribution in [0, 0.1) is 5.92 Å². The molecule has 5 aromatic rings. The van der Waals surface area contributed by atoms with Gasteiger partial charge in [0.15, 0.2) is 16.7 Å². The van der Waals surface area contributed by atoms with E-state index in [2.05, 4.69) is 22.3 Å². The van der Waals surface area contributed by atoms with Crippen LogP contribution in [0.3, 0.4) is 0 Å². The molecule has 5 heterocycles. The van der Waals surface area contributed by atoms with Crippen LogP contribution in [0.15, 0.2) is 96.0 Å². The number of likely N-dealkylation sites (N-methyl/N-ethyl adjacent to an activating group) is 1. The van der Waals surface area contributed by atoms with Crippen LogP contribution in [0.2, 0.25) is 0 Å². The molecule has 3 aromatic carbocycles. The van der Waals surface area contributed by atoms with E-state index in [-0.39, 0.29) is 16.7 Å². The highest BCUT2D eigenvalue weighted by atomic mass is 32.2. The van der Waals surface area contributed by atoms with E-state index in [4.69, 9.17) is 4.98 Å². The molecule has 12 heteroatoms. The van der Waals surface area contributed by atoms with Crippen molar-refractivity contribution < 1.29 is 22.0 Å². The van der Waals surface area contributed by atoms with Gasteiger partial charge in [0.2, 0.25) is 5.91 Å². The summed E-state index contributed by atoms with van der Waals surface area (Å²) in [6, 6.07) is 26.4. The first-order valence-corrected chi connectivity index (χ1v) is 20.2. The largest absolute Gasteiger partial charge is 0.317 e. The van der Waals surface area contributed by atoms with Crippen molar-refractivity contribution in [3.63, 3.8) is 0 Å². The van der Waals surface area contributed by atoms with Gasteiger partial charge in [0, 0.05) is 30.1 Å². The third kappa shape index (κ3) is 5.83. The number of aromatic nitrogens is 2. The Morgan fingerprint density at radius 3 is 2.22 bits per heavy atom. The summed E-state index contributed by atoms with van der Waals surface area (Å²) in [6.45, 7) is 3.80. The Morgan fingerprint density at radius 2 is 1.57 bits per heavy atom. The Morgan fingerprint density at radius 1 is 0.922 bits per heavy atom. The highest BCUT2D eigenvalue weighted by molar-refractivity contribution is 7.90. The van der Waals surface area contributed by atoms with Crippen molar-refractivity contribution in [2.24, 2.45) is 5.92 Å². The fourth-order valence-electron chi connectivity index (χ4n) is 8.42. The zero-order valence-corrected chi connectivity index (χ0v) is 30.1. The Hall–Kier alpha value is -4.20. The number of rotatable bonds is 8. The Bertz CT molecular complexity index is 2230. The van der Waals surface area contributed by atoms with E-state index in [9.17, 15) is 22.0 Å². The molecular weight excluding hydrogens is 683 g/mol. The second kappa shape index (κ2) is 13.4. The zero-order chi connectivity index (χ0) is 35.3. The molecule has 10 nitrogen and oxygen atoms in total. The minimum absolute atomic E-state index is 0.0190. The van der Waals surface area contributed by atoms with Gasteiger partial charge < -0.3 is 14.8 Å². The van der Waals surface area contributed by atoms with Crippen LogP contribution in [0.25, 0.3) is 33.4 Å². The van der Waals surface area contributed by atoms with E-state index in [1.165, 1.54) is 3.97 Å². The van der Waals surface area contributed by atoms with E-state index in [0.29, 0.717) is 48.4 Å². The van der Waals surface area contributed by atoms with Gasteiger partial charge in [0.1, 0.15) is 0 Å². The molecule has 1 atom stereocenters. The van der Waals surface area contributed by atoms with Crippen molar-refractivity contribution in [1.82, 2.24) is 19.2 Å². The molecule has 1 amide bonds. The number of hydrogen-bond acceptors (Lipinski definition) is 7. The summed E-state index contributed by atoms with van der Waals surface area (Å²) in [4.78, 5) is 23.3. The number of nitrogens with one attached hydrogen (secondary N) is 1. The van der Waals surface area contributed by atoms with Crippen LogP contribution in [0.5, 0.6) is 0 Å². The van der Waals surface area contributed by atoms with Crippen LogP contribution in [0.4, 0.5) is 5.69 Å². The molecule has 2 N–H and O–H groups in total. The first kappa shape index (κ1) is 33.9. The average molecular weight is 724 g/mol. The molecule has 8 rings (SSSR count). The summed E-state index contributed by atoms with van der Waals surface area (Å²) < 4.78 is 51.9. The average Bonchev–Trinajstić information content (AvgIpc) is 3.60. The fraction of sp³-hybridized carbons (Fsp3) is 0.333. The lowest BCUT2D eigenvalue weighted by atomic mass is 9.72. The van der Waals surface area contributed by atoms with E-state index in [1.807, 2.05) is 42.5 Å². The second-order valence-electron chi connectivity index (χ2n) is 14.0. The molecule has 3 aliphatic rings. The van der Waals surface area contributed by atoms with Crippen LogP contribution < -0.4 is 10.2 Å². The van der Waals surface area contributed by atoms with Crippen LogP contribution in [-0.2, 0) is 37.9 Å². The van der Waals surface area contributed by atoms with Crippen molar-refractivity contribution in [2.45, 2.75) is 42.5 Å². The summed E-state index contributed by atoms with van der Waals surface area (Å²) >= 11 is -1.77. The van der Waals surface area contributed by atoms with Crippen LogP contribution >= 0.6 is 0 Å². The number of nitrogens with zero attached hydrogens (tertiary/aromatic N) is 4. The van der Waals surface area contributed by atoms with E-state index in [1.54, 1.807) is 48.5 Å². The second-order valence-corrected chi connectivity index (χ2v) is 16.8. The minimum atomic E-state index is -4.17. The van der Waals surface area contributed by atoms with Gasteiger partial charge in [-0.3, -0.25) is 9.69 Å². The number of benzene rings is 3. The van der Waals surface area contributed by atoms with Gasteiger partial charge in [-0.2, -0.15) is 0 Å². The highest BCUT2D eigenvalue weighted by Crippen LogP contribution is 2.54. The van der Waals surface area contributed by atoms with Gasteiger partial charge in [-0.05, 0) is 86.6 Å². The molecular formula is C39H41N5O5S2. The number of fused-ring (bicyclic) bond motifs is 4. The molecule has 2 aromatic heterocycles. The summed E-state index contributed by atoms with van der Waals surface area (Å²) in [5.74, 6) is 0.603. The van der Waals surface area contributed by atoms with E-state index >= 15 is 0 Å². The Balaban J connectivity index is 1.34. The quantitative estimate of drug-likeness (QED) is 0.197. The summed E-state index contributed by atoms with van der Waals surface area (Å²) in [7, 11) is -2.38. The third-order valence-electron chi connectivity index (χ3n) is 11.0. The van der Waals surface area contributed by atoms with Gasteiger partial charge in [0.25, 0.3) is 10.0 Å². The van der Waals surface area contributed by atoms with E-state index in [0.717, 1.165) is 66.0 Å². The molecule has 2 fully saturated rings. The summed E-state index contributed by atoms with van der Waals surface area (Å²) in [6.07, 6.45) is 4.65. The van der Waals surface area contributed by atoms with Gasteiger partial charge in [-0.1, -0.05) is 72.8 Å². The predicted octanol–water partition coefficient (Wildman–Crippen LogP) is 5.64. The van der Waals surface area contributed by atoms with Gasteiger partial charge in [0.05, 0.1) is 33.6 Å². The number of piperidine rings is 2. The normalized spacial score (nSPS) is 18.8. The topological polar surface area (TPSA) is 125 Å². The fourth-order valence-corrected chi connectivity index (χ4v) is 10.7. The monoisotopic (exact) mass is 723 g/mol. The molecule has 264 valence electrons. The van der Waals surface area contributed by atoms with Gasteiger partial charge in [-0.15, -0.1) is 0 Å². The highest BCUT2D eigenvalue weighted by Gasteiger charge is 2.52. The van der Waals surface area contributed by atoms with Crippen molar-refractivity contribution in [3.05, 3.63) is 102 Å². The SMILES string of the molecule is CN1C(=O)C2(CCNCC2)c2c1cnc1c2c(-c2ccccc2)c(-c2ccc(CN3CCC(CS(=O)O)CC3)cc2)n1S(=O)(=O)c1ccccc1. The molecule has 1 spiro atoms. The first-order valence-electron chi connectivity index (χ1n) is 17.5. The Labute approximate surface area is 300 Å². The smallest absolute Gasteiger partial charge is 0.269 e. The first-order chi connectivity index (χ1) is 24.7. The van der Waals surface area contributed by atoms with Crippen molar-refractivity contribution in [2.75, 3.05) is 43.9 Å². The lowest BCUT2D eigenvalue weighted by molar-refractivity contribution is -0.123.